The van der Waals surface area contributed by atoms with E-state index in [2.05, 4.69) is 15.6 Å². The smallest absolute Gasteiger partial charge is 0.354 e. The summed E-state index contributed by atoms with van der Waals surface area (Å²) in [6.45, 7) is 0.416. The maximum absolute atomic E-state index is 11.5. The van der Waals surface area contributed by atoms with Crippen LogP contribution in [-0.2, 0) is 4.79 Å². The lowest BCUT2D eigenvalue weighted by molar-refractivity contribution is -0.118. The van der Waals surface area contributed by atoms with Crippen LogP contribution in [0, 0.1) is 0 Å². The highest BCUT2D eigenvalue weighted by Gasteiger charge is 2.05. The number of rotatable bonds is 7. The van der Waals surface area contributed by atoms with Crippen LogP contribution < -0.4 is 16.4 Å². The number of aromatic nitrogens is 1. The highest BCUT2D eigenvalue weighted by molar-refractivity contribution is 5.90. The van der Waals surface area contributed by atoms with Crippen LogP contribution in [0.5, 0.6) is 0 Å². The molecule has 0 saturated carbocycles. The highest BCUT2D eigenvalue weighted by Crippen LogP contribution is 2.05. The first-order chi connectivity index (χ1) is 9.49. The minimum atomic E-state index is -1.13. The van der Waals surface area contributed by atoms with Gasteiger partial charge in [0.15, 0.2) is 0 Å². The number of carbonyl (C=O) groups excluding carboxylic acids is 2. The number of nitrogens with two attached hydrogens (primary N) is 1. The number of primary amides is 1. The number of aromatic carboxylic acids is 1. The van der Waals surface area contributed by atoms with E-state index in [0.29, 0.717) is 31.5 Å². The van der Waals surface area contributed by atoms with Gasteiger partial charge in [-0.05, 0) is 25.0 Å². The van der Waals surface area contributed by atoms with E-state index in [9.17, 15) is 14.4 Å². The SMILES string of the molecule is NC(=O)CCCCNC(=O)Nc1ccc(C(=O)O)nc1. The summed E-state index contributed by atoms with van der Waals surface area (Å²) in [6.07, 6.45) is 2.82. The lowest BCUT2D eigenvalue weighted by Crippen LogP contribution is -2.29. The van der Waals surface area contributed by atoms with Crippen LogP contribution in [0.4, 0.5) is 10.5 Å². The monoisotopic (exact) mass is 280 g/mol. The van der Waals surface area contributed by atoms with Gasteiger partial charge in [0.1, 0.15) is 5.69 Å². The molecule has 3 amide bonds. The quantitative estimate of drug-likeness (QED) is 0.541. The van der Waals surface area contributed by atoms with E-state index < -0.39 is 12.0 Å². The summed E-state index contributed by atoms with van der Waals surface area (Å²) in [7, 11) is 0. The van der Waals surface area contributed by atoms with Crippen molar-refractivity contribution >= 4 is 23.6 Å². The van der Waals surface area contributed by atoms with Gasteiger partial charge in [-0.15, -0.1) is 0 Å². The average molecular weight is 280 g/mol. The van der Waals surface area contributed by atoms with Crippen LogP contribution >= 0.6 is 0 Å². The zero-order chi connectivity index (χ0) is 15.0. The minimum Gasteiger partial charge on any atom is -0.477 e. The Morgan fingerprint density at radius 2 is 2.00 bits per heavy atom. The molecule has 1 aromatic heterocycles. The predicted octanol–water partition coefficient (Wildman–Crippen LogP) is 0.557. The Bertz CT molecular complexity index is 487. The summed E-state index contributed by atoms with van der Waals surface area (Å²) in [6, 6.07) is 2.32. The summed E-state index contributed by atoms with van der Waals surface area (Å²) < 4.78 is 0. The largest absolute Gasteiger partial charge is 0.477 e. The molecular formula is C12H16N4O4. The van der Waals surface area contributed by atoms with Gasteiger partial charge >= 0.3 is 12.0 Å². The van der Waals surface area contributed by atoms with Crippen molar-refractivity contribution in [1.29, 1.82) is 0 Å². The van der Waals surface area contributed by atoms with Crippen molar-refractivity contribution in [2.75, 3.05) is 11.9 Å². The number of nitrogens with zero attached hydrogens (tertiary/aromatic N) is 1. The van der Waals surface area contributed by atoms with E-state index >= 15 is 0 Å². The fraction of sp³-hybridized carbons (Fsp3) is 0.333. The van der Waals surface area contributed by atoms with Gasteiger partial charge in [0.2, 0.25) is 5.91 Å². The molecule has 0 aliphatic heterocycles. The van der Waals surface area contributed by atoms with Crippen molar-refractivity contribution in [3.63, 3.8) is 0 Å². The van der Waals surface area contributed by atoms with Crippen LogP contribution in [0.1, 0.15) is 29.8 Å². The van der Waals surface area contributed by atoms with Crippen LogP contribution in [0.2, 0.25) is 0 Å². The predicted molar refractivity (Wildman–Crippen MR) is 71.3 cm³/mol. The van der Waals surface area contributed by atoms with Gasteiger partial charge in [-0.1, -0.05) is 0 Å². The maximum atomic E-state index is 11.5. The zero-order valence-electron chi connectivity index (χ0n) is 10.8. The number of anilines is 1. The topological polar surface area (TPSA) is 134 Å². The van der Waals surface area contributed by atoms with Crippen molar-refractivity contribution in [1.82, 2.24) is 10.3 Å². The van der Waals surface area contributed by atoms with Gasteiger partial charge in [-0.2, -0.15) is 0 Å². The van der Waals surface area contributed by atoms with Crippen molar-refractivity contribution in [2.24, 2.45) is 5.73 Å². The van der Waals surface area contributed by atoms with Crippen LogP contribution in [0.15, 0.2) is 18.3 Å². The van der Waals surface area contributed by atoms with Crippen molar-refractivity contribution in [2.45, 2.75) is 19.3 Å². The second-order valence-electron chi connectivity index (χ2n) is 4.04. The number of amides is 3. The fourth-order valence-electron chi connectivity index (χ4n) is 1.40. The van der Waals surface area contributed by atoms with Gasteiger partial charge in [-0.25, -0.2) is 14.6 Å². The molecule has 8 nitrogen and oxygen atoms in total. The van der Waals surface area contributed by atoms with E-state index in [4.69, 9.17) is 10.8 Å². The molecule has 8 heteroatoms. The third-order valence-corrected chi connectivity index (χ3v) is 2.38. The number of hydrogen-bond donors (Lipinski definition) is 4. The molecule has 1 aromatic rings. The van der Waals surface area contributed by atoms with Crippen molar-refractivity contribution in [3.05, 3.63) is 24.0 Å². The first-order valence-electron chi connectivity index (χ1n) is 6.01. The third kappa shape index (κ3) is 5.80. The molecule has 0 unspecified atom stereocenters. The van der Waals surface area contributed by atoms with Gasteiger partial charge in [0, 0.05) is 13.0 Å². The number of unbranched alkanes of at least 4 members (excludes halogenated alkanes) is 1. The van der Waals surface area contributed by atoms with E-state index in [1.54, 1.807) is 0 Å². The third-order valence-electron chi connectivity index (χ3n) is 2.38. The van der Waals surface area contributed by atoms with Crippen molar-refractivity contribution < 1.29 is 19.5 Å². The zero-order valence-corrected chi connectivity index (χ0v) is 10.8. The average Bonchev–Trinajstić information content (AvgIpc) is 2.38. The second kappa shape index (κ2) is 7.72. The maximum Gasteiger partial charge on any atom is 0.354 e. The standard InChI is InChI=1S/C12H16N4O4/c13-10(17)3-1-2-6-14-12(20)16-8-4-5-9(11(18)19)15-7-8/h4-5,7H,1-3,6H2,(H2,13,17)(H,18,19)(H2,14,16,20). The molecule has 0 aliphatic rings. The molecule has 20 heavy (non-hydrogen) atoms. The number of hydrogen-bond acceptors (Lipinski definition) is 4. The van der Waals surface area contributed by atoms with E-state index in [1.807, 2.05) is 0 Å². The minimum absolute atomic E-state index is 0.0950. The Balaban J connectivity index is 2.28. The van der Waals surface area contributed by atoms with Crippen LogP contribution in [0.3, 0.4) is 0 Å². The van der Waals surface area contributed by atoms with E-state index in [-0.39, 0.29) is 11.6 Å². The molecular weight excluding hydrogens is 264 g/mol. The van der Waals surface area contributed by atoms with Crippen molar-refractivity contribution in [3.8, 4) is 0 Å². The summed E-state index contributed by atoms with van der Waals surface area (Å²) in [5.74, 6) is -1.49. The number of pyridine rings is 1. The second-order valence-corrected chi connectivity index (χ2v) is 4.04. The molecule has 0 aromatic carbocycles. The number of carboxylic acid groups (broad SMARTS) is 1. The Labute approximate surface area is 115 Å². The molecule has 0 radical (unpaired) electrons. The van der Waals surface area contributed by atoms with Crippen LogP contribution in [0.25, 0.3) is 0 Å². The molecule has 108 valence electrons. The normalized spacial score (nSPS) is 9.80. The number of nitrogens with one attached hydrogen (secondary N) is 2. The molecule has 0 aliphatic carbocycles. The summed E-state index contributed by atoms with van der Waals surface area (Å²) in [4.78, 5) is 36.2. The van der Waals surface area contributed by atoms with Gasteiger partial charge in [-0.3, -0.25) is 4.79 Å². The molecule has 1 rings (SSSR count). The number of carboxylic acids is 1. The summed E-state index contributed by atoms with van der Waals surface area (Å²) in [5.41, 5.74) is 5.28. The first kappa shape index (κ1) is 15.4. The molecule has 0 bridgehead atoms. The molecule has 1 heterocycles. The summed E-state index contributed by atoms with van der Waals surface area (Å²) >= 11 is 0. The lowest BCUT2D eigenvalue weighted by atomic mass is 10.2. The Morgan fingerprint density at radius 3 is 2.55 bits per heavy atom. The molecule has 0 saturated heterocycles. The van der Waals surface area contributed by atoms with E-state index in [0.717, 1.165) is 0 Å². The van der Waals surface area contributed by atoms with E-state index in [1.165, 1.54) is 18.3 Å². The highest BCUT2D eigenvalue weighted by atomic mass is 16.4. The molecule has 0 fully saturated rings. The molecule has 5 N–H and O–H groups in total. The van der Waals surface area contributed by atoms with Crippen LogP contribution in [-0.4, -0.2) is 34.5 Å². The fourth-order valence-corrected chi connectivity index (χ4v) is 1.40. The number of carbonyl (C=O) groups is 3. The Kier molecular flexibility index (Phi) is 5.95. The lowest BCUT2D eigenvalue weighted by Gasteiger charge is -2.07. The Morgan fingerprint density at radius 1 is 1.25 bits per heavy atom. The molecule has 0 spiro atoms. The van der Waals surface area contributed by atoms with Gasteiger partial charge in [0.25, 0.3) is 0 Å². The molecule has 0 atom stereocenters. The van der Waals surface area contributed by atoms with Gasteiger partial charge < -0.3 is 21.5 Å². The summed E-state index contributed by atoms with van der Waals surface area (Å²) in [5, 5.41) is 13.8. The Hall–Kier alpha value is -2.64. The first-order valence-corrected chi connectivity index (χ1v) is 6.01. The van der Waals surface area contributed by atoms with Gasteiger partial charge in [0.05, 0.1) is 11.9 Å². The number of urea groups is 1.